The number of carbonyl (C=O) groups is 1. The SMILES string of the molecule is COc1ccc2ccccc2c1C(O)CC(=O)O. The number of aliphatic hydroxyl groups excluding tert-OH is 1. The van der Waals surface area contributed by atoms with Gasteiger partial charge in [-0.3, -0.25) is 4.79 Å². The van der Waals surface area contributed by atoms with Gasteiger partial charge in [0.2, 0.25) is 0 Å². The molecule has 0 spiro atoms. The maximum Gasteiger partial charge on any atom is 0.306 e. The van der Waals surface area contributed by atoms with Crippen molar-refractivity contribution in [3.05, 3.63) is 42.0 Å². The van der Waals surface area contributed by atoms with Crippen LogP contribution in [0.1, 0.15) is 18.1 Å². The predicted molar refractivity (Wildman–Crippen MR) is 67.7 cm³/mol. The summed E-state index contributed by atoms with van der Waals surface area (Å²) < 4.78 is 5.20. The molecule has 0 saturated carbocycles. The summed E-state index contributed by atoms with van der Waals surface area (Å²) in [5, 5.41) is 20.6. The van der Waals surface area contributed by atoms with Crippen molar-refractivity contribution in [1.82, 2.24) is 0 Å². The predicted octanol–water partition coefficient (Wildman–Crippen LogP) is 2.36. The average molecular weight is 246 g/mol. The van der Waals surface area contributed by atoms with Crippen LogP contribution < -0.4 is 4.74 Å². The van der Waals surface area contributed by atoms with E-state index in [1.807, 2.05) is 30.3 Å². The second kappa shape index (κ2) is 5.06. The number of ether oxygens (including phenoxy) is 1. The summed E-state index contributed by atoms with van der Waals surface area (Å²) in [6.45, 7) is 0. The molecule has 0 radical (unpaired) electrons. The molecule has 1 atom stereocenters. The summed E-state index contributed by atoms with van der Waals surface area (Å²) in [4.78, 5) is 10.7. The van der Waals surface area contributed by atoms with Crippen LogP contribution in [0.4, 0.5) is 0 Å². The van der Waals surface area contributed by atoms with E-state index < -0.39 is 12.1 Å². The third-order valence-electron chi connectivity index (χ3n) is 2.85. The Morgan fingerprint density at radius 1 is 1.28 bits per heavy atom. The molecule has 0 bridgehead atoms. The molecule has 0 saturated heterocycles. The maximum atomic E-state index is 10.7. The van der Waals surface area contributed by atoms with Crippen LogP contribution >= 0.6 is 0 Å². The van der Waals surface area contributed by atoms with Gasteiger partial charge in [0.15, 0.2) is 0 Å². The Morgan fingerprint density at radius 2 is 2.00 bits per heavy atom. The van der Waals surface area contributed by atoms with Crippen molar-refractivity contribution in [1.29, 1.82) is 0 Å². The van der Waals surface area contributed by atoms with E-state index in [1.54, 1.807) is 6.07 Å². The molecule has 0 heterocycles. The Bertz CT molecular complexity index is 577. The fourth-order valence-corrected chi connectivity index (χ4v) is 2.06. The van der Waals surface area contributed by atoms with Crippen molar-refractivity contribution >= 4 is 16.7 Å². The van der Waals surface area contributed by atoms with Gasteiger partial charge < -0.3 is 14.9 Å². The summed E-state index contributed by atoms with van der Waals surface area (Å²) in [7, 11) is 1.50. The smallest absolute Gasteiger partial charge is 0.306 e. The minimum atomic E-state index is -1.08. The molecule has 0 aliphatic heterocycles. The van der Waals surface area contributed by atoms with Crippen LogP contribution in [0.2, 0.25) is 0 Å². The van der Waals surface area contributed by atoms with Crippen LogP contribution in [0.15, 0.2) is 36.4 Å². The zero-order chi connectivity index (χ0) is 13.1. The molecule has 1 unspecified atom stereocenters. The van der Waals surface area contributed by atoms with Crippen LogP contribution in [0.25, 0.3) is 10.8 Å². The lowest BCUT2D eigenvalue weighted by molar-refractivity contribution is -0.139. The number of carboxylic acid groups (broad SMARTS) is 1. The monoisotopic (exact) mass is 246 g/mol. The Labute approximate surface area is 104 Å². The molecule has 0 aromatic heterocycles. The second-order valence-corrected chi connectivity index (χ2v) is 4.02. The number of fused-ring (bicyclic) bond motifs is 1. The molecule has 0 fully saturated rings. The summed E-state index contributed by atoms with van der Waals surface area (Å²) >= 11 is 0. The van der Waals surface area contributed by atoms with Crippen LogP contribution in [-0.2, 0) is 4.79 Å². The highest BCUT2D eigenvalue weighted by atomic mass is 16.5. The number of carboxylic acids is 1. The minimum Gasteiger partial charge on any atom is -0.496 e. The average Bonchev–Trinajstić information content (AvgIpc) is 2.36. The van der Waals surface area contributed by atoms with Gasteiger partial charge in [-0.1, -0.05) is 30.3 Å². The number of methoxy groups -OCH3 is 1. The van der Waals surface area contributed by atoms with Crippen LogP contribution in [-0.4, -0.2) is 23.3 Å². The molecule has 18 heavy (non-hydrogen) atoms. The lowest BCUT2D eigenvalue weighted by Crippen LogP contribution is -2.07. The highest BCUT2D eigenvalue weighted by Crippen LogP contribution is 2.34. The number of rotatable bonds is 4. The van der Waals surface area contributed by atoms with E-state index in [-0.39, 0.29) is 6.42 Å². The number of aliphatic hydroxyl groups is 1. The first-order valence-corrected chi connectivity index (χ1v) is 5.59. The van der Waals surface area contributed by atoms with Gasteiger partial charge in [-0.2, -0.15) is 0 Å². The lowest BCUT2D eigenvalue weighted by Gasteiger charge is -2.16. The summed E-state index contributed by atoms with van der Waals surface area (Å²) in [6, 6.07) is 11.1. The van der Waals surface area contributed by atoms with E-state index in [0.29, 0.717) is 11.3 Å². The van der Waals surface area contributed by atoms with E-state index >= 15 is 0 Å². The number of hydrogen-bond donors (Lipinski definition) is 2. The van der Waals surface area contributed by atoms with Gasteiger partial charge in [0, 0.05) is 5.56 Å². The summed E-state index contributed by atoms with van der Waals surface area (Å²) in [5.41, 5.74) is 0.526. The van der Waals surface area contributed by atoms with E-state index in [2.05, 4.69) is 0 Å². The second-order valence-electron chi connectivity index (χ2n) is 4.02. The molecule has 0 aliphatic rings. The van der Waals surface area contributed by atoms with Crippen molar-refractivity contribution in [2.45, 2.75) is 12.5 Å². The van der Waals surface area contributed by atoms with Gasteiger partial charge in [0.1, 0.15) is 5.75 Å². The Kier molecular flexibility index (Phi) is 3.48. The lowest BCUT2D eigenvalue weighted by atomic mass is 9.97. The highest BCUT2D eigenvalue weighted by Gasteiger charge is 2.19. The molecule has 2 rings (SSSR count). The van der Waals surface area contributed by atoms with Crippen molar-refractivity contribution in [3.8, 4) is 5.75 Å². The van der Waals surface area contributed by atoms with Crippen LogP contribution in [0, 0.1) is 0 Å². The van der Waals surface area contributed by atoms with Gasteiger partial charge in [-0.15, -0.1) is 0 Å². The zero-order valence-corrected chi connectivity index (χ0v) is 9.96. The Hall–Kier alpha value is -2.07. The van der Waals surface area contributed by atoms with E-state index in [0.717, 1.165) is 10.8 Å². The fraction of sp³-hybridized carbons (Fsp3) is 0.214. The van der Waals surface area contributed by atoms with Gasteiger partial charge in [-0.25, -0.2) is 0 Å². The molecule has 94 valence electrons. The fourth-order valence-electron chi connectivity index (χ4n) is 2.06. The normalized spacial score (nSPS) is 12.3. The minimum absolute atomic E-state index is 0.343. The maximum absolute atomic E-state index is 10.7. The van der Waals surface area contributed by atoms with E-state index in [1.165, 1.54) is 7.11 Å². The Morgan fingerprint density at radius 3 is 2.67 bits per heavy atom. The third kappa shape index (κ3) is 2.28. The molecule has 2 N–H and O–H groups in total. The van der Waals surface area contributed by atoms with Crippen LogP contribution in [0.3, 0.4) is 0 Å². The third-order valence-corrected chi connectivity index (χ3v) is 2.85. The molecule has 0 amide bonds. The van der Waals surface area contributed by atoms with Crippen molar-refractivity contribution in [3.63, 3.8) is 0 Å². The van der Waals surface area contributed by atoms with E-state index in [9.17, 15) is 9.90 Å². The van der Waals surface area contributed by atoms with E-state index in [4.69, 9.17) is 9.84 Å². The summed E-state index contributed by atoms with van der Waals surface area (Å²) in [5.74, 6) is -0.542. The quantitative estimate of drug-likeness (QED) is 0.869. The molecular formula is C14H14O4. The molecule has 4 heteroatoms. The highest BCUT2D eigenvalue weighted by molar-refractivity contribution is 5.88. The van der Waals surface area contributed by atoms with Gasteiger partial charge in [-0.05, 0) is 16.8 Å². The summed E-state index contributed by atoms with van der Waals surface area (Å²) in [6.07, 6.45) is -1.42. The molecule has 2 aromatic rings. The Balaban J connectivity index is 2.60. The largest absolute Gasteiger partial charge is 0.496 e. The zero-order valence-electron chi connectivity index (χ0n) is 9.96. The van der Waals surface area contributed by atoms with Crippen molar-refractivity contribution in [2.24, 2.45) is 0 Å². The standard InChI is InChI=1S/C14H14O4/c1-18-12-7-6-9-4-2-3-5-10(9)14(12)11(15)8-13(16)17/h2-7,11,15H,8H2,1H3,(H,16,17). The number of benzene rings is 2. The van der Waals surface area contributed by atoms with Crippen LogP contribution in [0.5, 0.6) is 5.75 Å². The van der Waals surface area contributed by atoms with Gasteiger partial charge >= 0.3 is 5.97 Å². The first-order valence-electron chi connectivity index (χ1n) is 5.59. The van der Waals surface area contributed by atoms with Crippen molar-refractivity contribution in [2.75, 3.05) is 7.11 Å². The number of hydrogen-bond acceptors (Lipinski definition) is 3. The molecule has 0 aliphatic carbocycles. The molecule has 4 nitrogen and oxygen atoms in total. The first-order chi connectivity index (χ1) is 8.63. The number of aliphatic carboxylic acids is 1. The van der Waals surface area contributed by atoms with Crippen molar-refractivity contribution < 1.29 is 19.7 Å². The van der Waals surface area contributed by atoms with Gasteiger partial charge in [0.25, 0.3) is 0 Å². The molecular weight excluding hydrogens is 232 g/mol. The molecule has 2 aromatic carbocycles. The first kappa shape index (κ1) is 12.4. The van der Waals surface area contributed by atoms with Gasteiger partial charge in [0.05, 0.1) is 19.6 Å². The topological polar surface area (TPSA) is 66.8 Å².